The largest absolute Gasteiger partial charge is 0.465 e. The molecule has 1 heterocycles. The highest BCUT2D eigenvalue weighted by Gasteiger charge is 2.42. The highest BCUT2D eigenvalue weighted by molar-refractivity contribution is 7.89. The highest BCUT2D eigenvalue weighted by Crippen LogP contribution is 2.27. The summed E-state index contributed by atoms with van der Waals surface area (Å²) in [5.41, 5.74) is 3.15. The molecule has 1 aliphatic heterocycles. The first-order valence-corrected chi connectivity index (χ1v) is 13.7. The van der Waals surface area contributed by atoms with Crippen LogP contribution in [-0.2, 0) is 32.6 Å². The predicted octanol–water partition coefficient (Wildman–Crippen LogP) is 2.68. The zero-order valence-electron chi connectivity index (χ0n) is 22.2. The molecule has 8 nitrogen and oxygen atoms in total. The molecule has 1 aliphatic rings. The van der Waals surface area contributed by atoms with E-state index in [0.29, 0.717) is 12.6 Å². The number of anilines is 1. The van der Waals surface area contributed by atoms with E-state index in [1.54, 1.807) is 6.92 Å². The molecule has 0 radical (unpaired) electrons. The van der Waals surface area contributed by atoms with E-state index in [2.05, 4.69) is 51.1 Å². The number of nitrogens with zero attached hydrogens (tertiary/aromatic N) is 3. The average Bonchev–Trinajstić information content (AvgIpc) is 2.99. The molecule has 0 bridgehead atoms. The van der Waals surface area contributed by atoms with E-state index in [1.807, 2.05) is 31.1 Å². The van der Waals surface area contributed by atoms with Crippen molar-refractivity contribution in [2.24, 2.45) is 5.41 Å². The van der Waals surface area contributed by atoms with Gasteiger partial charge in [0.05, 0.1) is 12.4 Å². The Morgan fingerprint density at radius 3 is 2.38 bits per heavy atom. The average molecular weight is 497 g/mol. The first-order valence-electron chi connectivity index (χ1n) is 12.1. The van der Waals surface area contributed by atoms with Crippen molar-refractivity contribution < 1.29 is 17.9 Å². The number of hydrogen-bond donors (Lipinski definition) is 1. The van der Waals surface area contributed by atoms with E-state index in [4.69, 9.17) is 4.74 Å². The number of carbonyl (C=O) groups is 1. The molecule has 0 spiro atoms. The number of esters is 1. The molecule has 2 rings (SSSR count). The van der Waals surface area contributed by atoms with Crippen LogP contribution in [0.4, 0.5) is 5.69 Å². The van der Waals surface area contributed by atoms with Gasteiger partial charge in [0.25, 0.3) is 0 Å². The molecule has 1 aromatic carbocycles. The summed E-state index contributed by atoms with van der Waals surface area (Å²) in [4.78, 5) is 16.6. The Morgan fingerprint density at radius 1 is 1.18 bits per heavy atom. The molecule has 1 N–H and O–H groups in total. The predicted molar refractivity (Wildman–Crippen MR) is 138 cm³/mol. The molecule has 1 fully saturated rings. The molecule has 0 saturated carbocycles. The quantitative estimate of drug-likeness (QED) is 0.472. The highest BCUT2D eigenvalue weighted by atomic mass is 32.2. The number of likely N-dealkylation sites (N-methyl/N-ethyl adjacent to an activating group) is 1. The summed E-state index contributed by atoms with van der Waals surface area (Å²) in [6.07, 6.45) is 1.31. The van der Waals surface area contributed by atoms with Gasteiger partial charge in [-0.3, -0.25) is 4.79 Å². The molecule has 0 aromatic heterocycles. The lowest BCUT2D eigenvalue weighted by Gasteiger charge is -2.29. The Hall–Kier alpha value is -1.68. The van der Waals surface area contributed by atoms with E-state index in [-0.39, 0.29) is 30.7 Å². The molecule has 34 heavy (non-hydrogen) atoms. The molecule has 1 saturated heterocycles. The van der Waals surface area contributed by atoms with E-state index >= 15 is 0 Å². The van der Waals surface area contributed by atoms with Crippen LogP contribution in [-0.4, -0.2) is 82.8 Å². The number of nitrogens with one attached hydrogen (secondary N) is 1. The van der Waals surface area contributed by atoms with Crippen molar-refractivity contribution in [3.05, 3.63) is 29.3 Å². The molecule has 9 heteroatoms. The van der Waals surface area contributed by atoms with E-state index in [0.717, 1.165) is 29.8 Å². The van der Waals surface area contributed by atoms with Crippen molar-refractivity contribution in [1.29, 1.82) is 0 Å². The van der Waals surface area contributed by atoms with E-state index < -0.39 is 22.0 Å². The summed E-state index contributed by atoms with van der Waals surface area (Å²) in [5.74, 6) is -0.500. The first kappa shape index (κ1) is 28.6. The Bertz CT molecular complexity index is 925. The zero-order chi connectivity index (χ0) is 25.7. The van der Waals surface area contributed by atoms with Gasteiger partial charge >= 0.3 is 5.97 Å². The number of hydrogen-bond acceptors (Lipinski definition) is 7. The second-order valence-electron chi connectivity index (χ2n) is 10.9. The summed E-state index contributed by atoms with van der Waals surface area (Å²) < 4.78 is 31.9. The van der Waals surface area contributed by atoms with Crippen LogP contribution in [0.1, 0.15) is 51.7 Å². The summed E-state index contributed by atoms with van der Waals surface area (Å²) in [7, 11) is 4.60. The monoisotopic (exact) mass is 496 g/mol. The molecule has 2 atom stereocenters. The number of benzene rings is 1. The fraction of sp³-hybridized carbons (Fsp3) is 0.720. The summed E-state index contributed by atoms with van der Waals surface area (Å²) in [6.45, 7) is 10.5. The Kier molecular flexibility index (Phi) is 9.94. The van der Waals surface area contributed by atoms with Crippen molar-refractivity contribution in [1.82, 2.24) is 14.5 Å². The van der Waals surface area contributed by atoms with Gasteiger partial charge in [-0.15, -0.1) is 0 Å². The Morgan fingerprint density at radius 2 is 1.82 bits per heavy atom. The van der Waals surface area contributed by atoms with Crippen LogP contribution in [0.3, 0.4) is 0 Å². The maximum Gasteiger partial charge on any atom is 0.324 e. The number of ether oxygens (including phenoxy) is 1. The minimum absolute atomic E-state index is 0.0305. The first-order chi connectivity index (χ1) is 15.7. The topological polar surface area (TPSA) is 82.2 Å². The maximum atomic E-state index is 12.7. The number of carbonyl (C=O) groups excluding carboxylic acids is 1. The summed E-state index contributed by atoms with van der Waals surface area (Å²) in [6, 6.07) is 5.73. The van der Waals surface area contributed by atoms with E-state index in [9.17, 15) is 13.2 Å². The minimum Gasteiger partial charge on any atom is -0.465 e. The second-order valence-corrected chi connectivity index (χ2v) is 13.0. The third-order valence-electron chi connectivity index (χ3n) is 5.84. The van der Waals surface area contributed by atoms with Gasteiger partial charge in [-0.2, -0.15) is 4.31 Å². The van der Waals surface area contributed by atoms with Gasteiger partial charge in [0, 0.05) is 45.5 Å². The zero-order valence-corrected chi connectivity index (χ0v) is 23.0. The fourth-order valence-electron chi connectivity index (χ4n) is 4.42. The fourth-order valence-corrected chi connectivity index (χ4v) is 6.10. The molecule has 194 valence electrons. The van der Waals surface area contributed by atoms with Crippen molar-refractivity contribution in [3.8, 4) is 0 Å². The van der Waals surface area contributed by atoms with Crippen LogP contribution in [0.5, 0.6) is 0 Å². The van der Waals surface area contributed by atoms with Gasteiger partial charge in [-0.05, 0) is 62.5 Å². The van der Waals surface area contributed by atoms with Gasteiger partial charge in [0.1, 0.15) is 6.04 Å². The van der Waals surface area contributed by atoms with Gasteiger partial charge in [0.2, 0.25) is 10.0 Å². The van der Waals surface area contributed by atoms with Crippen molar-refractivity contribution in [2.75, 3.05) is 52.0 Å². The van der Waals surface area contributed by atoms with Crippen molar-refractivity contribution in [2.45, 2.75) is 65.7 Å². The smallest absolute Gasteiger partial charge is 0.324 e. The normalized spacial score (nSPS) is 19.4. The van der Waals surface area contributed by atoms with Crippen LogP contribution in [0, 0.1) is 5.41 Å². The second kappa shape index (κ2) is 11.8. The number of sulfonamides is 1. The molecular formula is C25H44N4O4S. The Labute approximate surface area is 206 Å². The van der Waals surface area contributed by atoms with Crippen LogP contribution in [0.15, 0.2) is 18.2 Å². The van der Waals surface area contributed by atoms with Crippen LogP contribution in [0.2, 0.25) is 0 Å². The minimum atomic E-state index is -3.51. The maximum absolute atomic E-state index is 12.7. The van der Waals surface area contributed by atoms with Crippen molar-refractivity contribution in [3.63, 3.8) is 0 Å². The van der Waals surface area contributed by atoms with Gasteiger partial charge < -0.3 is 19.9 Å². The van der Waals surface area contributed by atoms with Gasteiger partial charge in [0.15, 0.2) is 0 Å². The molecule has 0 amide bonds. The molecular weight excluding hydrogens is 452 g/mol. The van der Waals surface area contributed by atoms with Gasteiger partial charge in [-0.1, -0.05) is 26.8 Å². The third kappa shape index (κ3) is 8.52. The Balaban J connectivity index is 2.27. The molecule has 1 unspecified atom stereocenters. The van der Waals surface area contributed by atoms with Crippen LogP contribution >= 0.6 is 0 Å². The van der Waals surface area contributed by atoms with Gasteiger partial charge in [-0.25, -0.2) is 8.42 Å². The standard InChI is InChI=1S/C25H44N4O4S/c1-9-33-24(30)23-10-11-34(31,32)29(23)17-20-12-19(13-22(14-20)28(7)8)16-26-21(18-27(5)6)15-25(2,3)4/h12-14,21,23,26H,9-11,15-18H2,1-8H3/t21-,23?/m0/s1. The summed E-state index contributed by atoms with van der Waals surface area (Å²) in [5, 5.41) is 3.70. The lowest BCUT2D eigenvalue weighted by Crippen LogP contribution is -2.40. The van der Waals surface area contributed by atoms with Crippen LogP contribution < -0.4 is 10.2 Å². The summed E-state index contributed by atoms with van der Waals surface area (Å²) >= 11 is 0. The molecule has 1 aromatic rings. The SMILES string of the molecule is CCOC(=O)C1CCS(=O)(=O)N1Cc1cc(CN[C@H](CN(C)C)CC(C)(C)C)cc(N(C)C)c1. The van der Waals surface area contributed by atoms with E-state index in [1.165, 1.54) is 4.31 Å². The van der Waals surface area contributed by atoms with Crippen molar-refractivity contribution >= 4 is 21.7 Å². The van der Waals surface area contributed by atoms with Crippen LogP contribution in [0.25, 0.3) is 0 Å². The third-order valence-corrected chi connectivity index (χ3v) is 7.69. The lowest BCUT2D eigenvalue weighted by atomic mass is 9.88. The lowest BCUT2D eigenvalue weighted by molar-refractivity contribution is -0.147. The number of rotatable bonds is 11. The molecule has 0 aliphatic carbocycles.